The summed E-state index contributed by atoms with van der Waals surface area (Å²) in [6.07, 6.45) is 4.64. The minimum absolute atomic E-state index is 0.140. The lowest BCUT2D eigenvalue weighted by Crippen LogP contribution is -2.41. The third-order valence-electron chi connectivity index (χ3n) is 7.03. The van der Waals surface area contributed by atoms with Crippen LogP contribution in [0, 0.1) is 16.7 Å². The van der Waals surface area contributed by atoms with Crippen LogP contribution in [-0.2, 0) is 4.79 Å². The van der Waals surface area contributed by atoms with Crippen LogP contribution >= 0.6 is 23.2 Å². The number of fused-ring (bicyclic) bond motifs is 1. The Morgan fingerprint density at radius 3 is 2.63 bits per heavy atom. The average molecular weight is 621 g/mol. The zero-order chi connectivity index (χ0) is 30.9. The number of rotatable bonds is 6. The molecule has 222 valence electrons. The van der Waals surface area contributed by atoms with E-state index in [0.717, 1.165) is 12.8 Å². The molecular weight excluding hydrogens is 589 g/mol. The molecule has 0 spiro atoms. The molecule has 3 heterocycles. The number of anilines is 1. The summed E-state index contributed by atoms with van der Waals surface area (Å²) in [7, 11) is 1.55. The van der Waals surface area contributed by atoms with E-state index in [1.165, 1.54) is 6.33 Å². The van der Waals surface area contributed by atoms with Gasteiger partial charge in [0.15, 0.2) is 17.1 Å². The fourth-order valence-electron chi connectivity index (χ4n) is 5.10. The Hall–Kier alpha value is -4.33. The number of aromatic nitrogens is 4. The number of piperidine rings is 1. The summed E-state index contributed by atoms with van der Waals surface area (Å²) in [4.78, 5) is 23.8. The maximum Gasteiger partial charge on any atom is 0.264 e. The van der Waals surface area contributed by atoms with Crippen molar-refractivity contribution in [1.82, 2.24) is 24.6 Å². The number of benzene rings is 2. The number of hydrogen-bond donors (Lipinski definition) is 1. The van der Waals surface area contributed by atoms with E-state index in [-0.39, 0.29) is 28.8 Å². The van der Waals surface area contributed by atoms with Gasteiger partial charge in [-0.05, 0) is 48.6 Å². The Bertz CT molecular complexity index is 1770. The van der Waals surface area contributed by atoms with Gasteiger partial charge in [-0.2, -0.15) is 10.4 Å². The molecule has 5 rings (SSSR count). The van der Waals surface area contributed by atoms with Gasteiger partial charge in [-0.15, -0.1) is 0 Å². The van der Waals surface area contributed by atoms with Crippen LogP contribution in [0.3, 0.4) is 0 Å². The predicted octanol–water partition coefficient (Wildman–Crippen LogP) is 6.84. The van der Waals surface area contributed by atoms with E-state index in [1.54, 1.807) is 48.4 Å². The third-order valence-corrected chi connectivity index (χ3v) is 7.77. The lowest BCUT2D eigenvalue weighted by Gasteiger charge is -2.33. The van der Waals surface area contributed by atoms with Gasteiger partial charge in [0.25, 0.3) is 5.91 Å². The van der Waals surface area contributed by atoms with E-state index in [2.05, 4.69) is 16.0 Å². The summed E-state index contributed by atoms with van der Waals surface area (Å²) in [5, 5.41) is 16.1. The van der Waals surface area contributed by atoms with Gasteiger partial charge < -0.3 is 20.1 Å². The first-order valence-corrected chi connectivity index (χ1v) is 14.5. The monoisotopic (exact) mass is 619 g/mol. The van der Waals surface area contributed by atoms with E-state index < -0.39 is 0 Å². The Kier molecular flexibility index (Phi) is 8.49. The van der Waals surface area contributed by atoms with Crippen LogP contribution in [0.2, 0.25) is 10.0 Å². The molecule has 1 aliphatic heterocycles. The number of hydrogen-bond acceptors (Lipinski definition) is 8. The topological polar surface area (TPSA) is 132 Å². The molecule has 0 aliphatic carbocycles. The number of carbonyl (C=O) groups is 1. The van der Waals surface area contributed by atoms with Crippen LogP contribution in [0.15, 0.2) is 54.4 Å². The van der Waals surface area contributed by atoms with Gasteiger partial charge >= 0.3 is 0 Å². The lowest BCUT2D eigenvalue weighted by atomic mass is 9.93. The molecule has 43 heavy (non-hydrogen) atoms. The SMILES string of the molecule is COc1cc(-c2nn(C3CCCN(C(=O)C(C#N)=CC(C)(C)C)C3)c3ncnc(N)c23)ccc1Oc1ccc(Cl)c(Cl)c1. The second kappa shape index (κ2) is 12.1. The van der Waals surface area contributed by atoms with Crippen molar-refractivity contribution >= 4 is 46.0 Å². The number of amides is 1. The van der Waals surface area contributed by atoms with Crippen LogP contribution in [0.5, 0.6) is 17.2 Å². The van der Waals surface area contributed by atoms with Crippen molar-refractivity contribution in [3.8, 4) is 34.6 Å². The molecule has 2 aromatic heterocycles. The number of halogens is 2. The molecule has 1 saturated heterocycles. The Labute approximate surface area is 259 Å². The highest BCUT2D eigenvalue weighted by molar-refractivity contribution is 6.42. The van der Waals surface area contributed by atoms with Gasteiger partial charge in [-0.3, -0.25) is 4.79 Å². The molecule has 1 atom stereocenters. The van der Waals surface area contributed by atoms with Crippen molar-refractivity contribution in [3.63, 3.8) is 0 Å². The number of methoxy groups -OCH3 is 1. The van der Waals surface area contributed by atoms with Gasteiger partial charge in [0, 0.05) is 24.7 Å². The minimum Gasteiger partial charge on any atom is -0.493 e. The highest BCUT2D eigenvalue weighted by Gasteiger charge is 2.30. The molecule has 2 N–H and O–H groups in total. The summed E-state index contributed by atoms with van der Waals surface area (Å²) in [6, 6.07) is 12.3. The Balaban J connectivity index is 1.50. The first kappa shape index (κ1) is 30.1. The van der Waals surface area contributed by atoms with Crippen LogP contribution in [0.1, 0.15) is 39.7 Å². The summed E-state index contributed by atoms with van der Waals surface area (Å²) in [5.41, 5.74) is 8.05. The molecule has 1 amide bonds. The first-order valence-electron chi connectivity index (χ1n) is 13.7. The molecule has 2 aromatic carbocycles. The van der Waals surface area contributed by atoms with E-state index >= 15 is 0 Å². The van der Waals surface area contributed by atoms with Crippen molar-refractivity contribution in [1.29, 1.82) is 5.26 Å². The second-order valence-corrected chi connectivity index (χ2v) is 12.2. The highest BCUT2D eigenvalue weighted by Crippen LogP contribution is 2.40. The van der Waals surface area contributed by atoms with E-state index in [1.807, 2.05) is 31.5 Å². The van der Waals surface area contributed by atoms with Gasteiger partial charge in [-0.1, -0.05) is 50.0 Å². The number of allylic oxidation sites excluding steroid dienone is 1. The Morgan fingerprint density at radius 2 is 1.93 bits per heavy atom. The second-order valence-electron chi connectivity index (χ2n) is 11.4. The number of nitriles is 1. The molecule has 1 aliphatic rings. The van der Waals surface area contributed by atoms with Crippen molar-refractivity contribution in [2.45, 2.75) is 39.7 Å². The number of nitrogens with two attached hydrogens (primary N) is 1. The molecule has 1 fully saturated rings. The molecular formula is C31H31Cl2N7O3. The van der Waals surface area contributed by atoms with E-state index in [0.29, 0.717) is 62.7 Å². The predicted molar refractivity (Wildman–Crippen MR) is 166 cm³/mol. The number of carbonyl (C=O) groups excluding carboxylic acids is 1. The van der Waals surface area contributed by atoms with Crippen LogP contribution in [0.25, 0.3) is 22.3 Å². The fraction of sp³-hybridized carbons (Fsp3) is 0.323. The zero-order valence-electron chi connectivity index (χ0n) is 24.3. The van der Waals surface area contributed by atoms with Crippen LogP contribution < -0.4 is 15.2 Å². The summed E-state index contributed by atoms with van der Waals surface area (Å²) < 4.78 is 13.5. The van der Waals surface area contributed by atoms with Gasteiger partial charge in [0.2, 0.25) is 0 Å². The molecule has 0 saturated carbocycles. The quantitative estimate of drug-likeness (QED) is 0.183. The van der Waals surface area contributed by atoms with Crippen LogP contribution in [0.4, 0.5) is 5.82 Å². The van der Waals surface area contributed by atoms with Crippen molar-refractivity contribution in [2.75, 3.05) is 25.9 Å². The zero-order valence-corrected chi connectivity index (χ0v) is 25.8. The number of nitrogens with zero attached hydrogens (tertiary/aromatic N) is 6. The fourth-order valence-corrected chi connectivity index (χ4v) is 5.39. The average Bonchev–Trinajstić information content (AvgIpc) is 3.38. The molecule has 0 radical (unpaired) electrons. The van der Waals surface area contributed by atoms with Crippen molar-refractivity contribution < 1.29 is 14.3 Å². The van der Waals surface area contributed by atoms with Gasteiger partial charge in [0.05, 0.1) is 28.6 Å². The molecule has 0 bridgehead atoms. The van der Waals surface area contributed by atoms with Crippen molar-refractivity contribution in [3.05, 3.63) is 64.4 Å². The molecule has 4 aromatic rings. The third kappa shape index (κ3) is 6.38. The van der Waals surface area contributed by atoms with E-state index in [4.69, 9.17) is 43.5 Å². The lowest BCUT2D eigenvalue weighted by molar-refractivity contribution is -0.128. The summed E-state index contributed by atoms with van der Waals surface area (Å²) in [5.74, 6) is 1.43. The van der Waals surface area contributed by atoms with Crippen molar-refractivity contribution in [2.24, 2.45) is 5.41 Å². The molecule has 12 heteroatoms. The maximum absolute atomic E-state index is 13.3. The largest absolute Gasteiger partial charge is 0.493 e. The normalized spacial score (nSPS) is 15.8. The van der Waals surface area contributed by atoms with Gasteiger partial charge in [-0.25, -0.2) is 14.6 Å². The standard InChI is InChI=1S/C31H31Cl2N7O3/c1-31(2,3)14-19(15-34)30(41)39-11-5-6-20(16-39)40-29-26(28(35)36-17-37-29)27(38-40)18-7-10-24(25(12-18)42-4)43-21-8-9-22(32)23(33)13-21/h7-10,12-14,17,20H,5-6,11,16H2,1-4H3,(H2,35,36,37). The summed E-state index contributed by atoms with van der Waals surface area (Å²) >= 11 is 12.2. The van der Waals surface area contributed by atoms with Gasteiger partial charge in [0.1, 0.15) is 35.2 Å². The molecule has 1 unspecified atom stereocenters. The van der Waals surface area contributed by atoms with E-state index in [9.17, 15) is 10.1 Å². The molecule has 10 nitrogen and oxygen atoms in total. The minimum atomic E-state index is -0.305. The first-order chi connectivity index (χ1) is 20.5. The number of likely N-dealkylation sites (tertiary alicyclic amines) is 1. The highest BCUT2D eigenvalue weighted by atomic mass is 35.5. The maximum atomic E-state index is 13.3. The Morgan fingerprint density at radius 1 is 1.14 bits per heavy atom. The number of nitrogen functional groups attached to an aromatic ring is 1. The smallest absolute Gasteiger partial charge is 0.264 e. The van der Waals surface area contributed by atoms with Crippen LogP contribution in [-0.4, -0.2) is 50.8 Å². The number of ether oxygens (including phenoxy) is 2. The summed E-state index contributed by atoms with van der Waals surface area (Å²) in [6.45, 7) is 6.80.